The fraction of sp³-hybridized carbons (Fsp3) is 0.500. The monoisotopic (exact) mass is 233 g/mol. The SMILES string of the molecule is C=CCN(CCC)Cc1cccc(CNC)n1. The van der Waals surface area contributed by atoms with Crippen molar-refractivity contribution in [2.24, 2.45) is 0 Å². The molecule has 0 aliphatic carbocycles. The molecule has 0 unspecified atom stereocenters. The topological polar surface area (TPSA) is 28.2 Å². The van der Waals surface area contributed by atoms with Crippen LogP contribution in [0.4, 0.5) is 0 Å². The maximum atomic E-state index is 4.63. The smallest absolute Gasteiger partial charge is 0.0547 e. The van der Waals surface area contributed by atoms with Gasteiger partial charge in [-0.3, -0.25) is 9.88 Å². The first-order valence-electron chi connectivity index (χ1n) is 6.22. The van der Waals surface area contributed by atoms with Crippen molar-refractivity contribution in [2.45, 2.75) is 26.4 Å². The average molecular weight is 233 g/mol. The Morgan fingerprint density at radius 3 is 2.82 bits per heavy atom. The first-order chi connectivity index (χ1) is 8.30. The Bertz CT molecular complexity index is 336. The highest BCUT2D eigenvalue weighted by atomic mass is 15.1. The molecule has 94 valence electrons. The molecular formula is C14H23N3. The molecule has 0 aromatic carbocycles. The summed E-state index contributed by atoms with van der Waals surface area (Å²) in [4.78, 5) is 6.99. The van der Waals surface area contributed by atoms with Crippen molar-refractivity contribution in [2.75, 3.05) is 20.1 Å². The van der Waals surface area contributed by atoms with Crippen molar-refractivity contribution >= 4 is 0 Å². The van der Waals surface area contributed by atoms with Gasteiger partial charge in [0.2, 0.25) is 0 Å². The third kappa shape index (κ3) is 5.11. The Morgan fingerprint density at radius 1 is 1.41 bits per heavy atom. The van der Waals surface area contributed by atoms with Crippen molar-refractivity contribution in [3.8, 4) is 0 Å². The number of nitrogens with zero attached hydrogens (tertiary/aromatic N) is 2. The van der Waals surface area contributed by atoms with Crippen LogP contribution in [0, 0.1) is 0 Å². The Balaban J connectivity index is 2.63. The molecule has 0 fully saturated rings. The molecule has 0 saturated carbocycles. The minimum atomic E-state index is 0.822. The maximum Gasteiger partial charge on any atom is 0.0547 e. The summed E-state index contributed by atoms with van der Waals surface area (Å²) < 4.78 is 0. The van der Waals surface area contributed by atoms with Gasteiger partial charge < -0.3 is 5.32 Å². The molecule has 1 N–H and O–H groups in total. The van der Waals surface area contributed by atoms with Crippen LogP contribution in [0.3, 0.4) is 0 Å². The lowest BCUT2D eigenvalue weighted by molar-refractivity contribution is 0.291. The lowest BCUT2D eigenvalue weighted by atomic mass is 10.2. The van der Waals surface area contributed by atoms with E-state index in [9.17, 15) is 0 Å². The molecule has 1 aromatic rings. The van der Waals surface area contributed by atoms with Gasteiger partial charge in [-0.1, -0.05) is 19.1 Å². The molecule has 0 saturated heterocycles. The van der Waals surface area contributed by atoms with E-state index in [-0.39, 0.29) is 0 Å². The fourth-order valence-corrected chi connectivity index (χ4v) is 1.86. The molecule has 0 aliphatic rings. The summed E-state index contributed by atoms with van der Waals surface area (Å²) in [6, 6.07) is 6.22. The number of hydrogen-bond donors (Lipinski definition) is 1. The van der Waals surface area contributed by atoms with Crippen molar-refractivity contribution in [1.82, 2.24) is 15.2 Å². The van der Waals surface area contributed by atoms with Crippen LogP contribution in [0.25, 0.3) is 0 Å². The van der Waals surface area contributed by atoms with Crippen molar-refractivity contribution in [3.63, 3.8) is 0 Å². The molecule has 0 spiro atoms. The van der Waals surface area contributed by atoms with Gasteiger partial charge in [-0.25, -0.2) is 0 Å². The van der Waals surface area contributed by atoms with Gasteiger partial charge in [-0.2, -0.15) is 0 Å². The van der Waals surface area contributed by atoms with E-state index in [0.29, 0.717) is 0 Å². The summed E-state index contributed by atoms with van der Waals surface area (Å²) in [5.41, 5.74) is 2.23. The van der Waals surface area contributed by atoms with Crippen LogP contribution in [0.1, 0.15) is 24.7 Å². The van der Waals surface area contributed by atoms with E-state index in [0.717, 1.165) is 44.0 Å². The van der Waals surface area contributed by atoms with Crippen LogP contribution >= 0.6 is 0 Å². The summed E-state index contributed by atoms with van der Waals surface area (Å²) in [5, 5.41) is 3.12. The van der Waals surface area contributed by atoms with E-state index in [1.165, 1.54) is 0 Å². The second-order valence-corrected chi connectivity index (χ2v) is 4.17. The molecule has 3 heteroatoms. The highest BCUT2D eigenvalue weighted by Crippen LogP contribution is 2.04. The Kier molecular flexibility index (Phi) is 6.51. The number of nitrogens with one attached hydrogen (secondary N) is 1. The lowest BCUT2D eigenvalue weighted by Gasteiger charge is -2.19. The van der Waals surface area contributed by atoms with E-state index in [2.05, 4.69) is 46.9 Å². The van der Waals surface area contributed by atoms with Crippen molar-refractivity contribution in [3.05, 3.63) is 42.2 Å². The molecule has 17 heavy (non-hydrogen) atoms. The van der Waals surface area contributed by atoms with Gasteiger partial charge in [-0.15, -0.1) is 6.58 Å². The predicted molar refractivity (Wildman–Crippen MR) is 72.8 cm³/mol. The summed E-state index contributed by atoms with van der Waals surface area (Å²) in [5.74, 6) is 0. The molecule has 0 aliphatic heterocycles. The molecule has 0 atom stereocenters. The largest absolute Gasteiger partial charge is 0.314 e. The maximum absolute atomic E-state index is 4.63. The van der Waals surface area contributed by atoms with Gasteiger partial charge in [0.25, 0.3) is 0 Å². The molecule has 1 aromatic heterocycles. The zero-order valence-corrected chi connectivity index (χ0v) is 10.9. The molecule has 1 rings (SSSR count). The second kappa shape index (κ2) is 7.98. The van der Waals surface area contributed by atoms with Crippen LogP contribution in [0.2, 0.25) is 0 Å². The minimum Gasteiger partial charge on any atom is -0.314 e. The van der Waals surface area contributed by atoms with Gasteiger partial charge in [-0.05, 0) is 32.1 Å². The zero-order valence-electron chi connectivity index (χ0n) is 10.9. The number of pyridine rings is 1. The van der Waals surface area contributed by atoms with E-state index >= 15 is 0 Å². The zero-order chi connectivity index (χ0) is 12.5. The van der Waals surface area contributed by atoms with Crippen LogP contribution in [0.15, 0.2) is 30.9 Å². The summed E-state index contributed by atoms with van der Waals surface area (Å²) >= 11 is 0. The molecule has 1 heterocycles. The molecular weight excluding hydrogens is 210 g/mol. The highest BCUT2D eigenvalue weighted by Gasteiger charge is 2.04. The number of hydrogen-bond acceptors (Lipinski definition) is 3. The molecule has 3 nitrogen and oxygen atoms in total. The summed E-state index contributed by atoms with van der Waals surface area (Å²) in [6.07, 6.45) is 3.11. The molecule has 0 amide bonds. The normalized spacial score (nSPS) is 10.8. The molecule has 0 radical (unpaired) electrons. The van der Waals surface area contributed by atoms with E-state index in [4.69, 9.17) is 0 Å². The highest BCUT2D eigenvalue weighted by molar-refractivity contribution is 5.11. The van der Waals surface area contributed by atoms with Crippen LogP contribution in [-0.2, 0) is 13.1 Å². The quantitative estimate of drug-likeness (QED) is 0.698. The fourth-order valence-electron chi connectivity index (χ4n) is 1.86. The standard InChI is InChI=1S/C14H23N3/c1-4-9-17(10-5-2)12-14-8-6-7-13(16-14)11-15-3/h4,6-8,15H,1,5,9-12H2,2-3H3. The first-order valence-corrected chi connectivity index (χ1v) is 6.22. The van der Waals surface area contributed by atoms with Crippen LogP contribution in [0.5, 0.6) is 0 Å². The van der Waals surface area contributed by atoms with Gasteiger partial charge in [0.15, 0.2) is 0 Å². The van der Waals surface area contributed by atoms with Gasteiger partial charge in [0.1, 0.15) is 0 Å². The lowest BCUT2D eigenvalue weighted by Crippen LogP contribution is -2.24. The minimum absolute atomic E-state index is 0.822. The second-order valence-electron chi connectivity index (χ2n) is 4.17. The number of rotatable bonds is 8. The predicted octanol–water partition coefficient (Wildman–Crippen LogP) is 2.20. The van der Waals surface area contributed by atoms with Gasteiger partial charge in [0, 0.05) is 19.6 Å². The van der Waals surface area contributed by atoms with Crippen LogP contribution < -0.4 is 5.32 Å². The van der Waals surface area contributed by atoms with Gasteiger partial charge >= 0.3 is 0 Å². The average Bonchev–Trinajstić information content (AvgIpc) is 2.30. The van der Waals surface area contributed by atoms with Gasteiger partial charge in [0.05, 0.1) is 11.4 Å². The Labute approximate surface area is 105 Å². The third-order valence-corrected chi connectivity index (χ3v) is 2.54. The van der Waals surface area contributed by atoms with E-state index in [1.807, 2.05) is 13.1 Å². The van der Waals surface area contributed by atoms with E-state index < -0.39 is 0 Å². The third-order valence-electron chi connectivity index (χ3n) is 2.54. The Hall–Kier alpha value is -1.19. The van der Waals surface area contributed by atoms with Crippen LogP contribution in [-0.4, -0.2) is 30.0 Å². The Morgan fingerprint density at radius 2 is 2.18 bits per heavy atom. The summed E-state index contributed by atoms with van der Waals surface area (Å²) in [7, 11) is 1.94. The van der Waals surface area contributed by atoms with Crippen molar-refractivity contribution < 1.29 is 0 Å². The van der Waals surface area contributed by atoms with E-state index in [1.54, 1.807) is 0 Å². The summed E-state index contributed by atoms with van der Waals surface area (Å²) in [6.45, 7) is 9.73. The number of aromatic nitrogens is 1. The molecule has 0 bridgehead atoms. The first kappa shape index (κ1) is 13.9. The van der Waals surface area contributed by atoms with Crippen molar-refractivity contribution in [1.29, 1.82) is 0 Å².